The van der Waals surface area contributed by atoms with Crippen LogP contribution < -0.4 is 16.4 Å². The van der Waals surface area contributed by atoms with Crippen LogP contribution in [0.3, 0.4) is 0 Å². The predicted molar refractivity (Wildman–Crippen MR) is 72.5 cm³/mol. The van der Waals surface area contributed by atoms with Gasteiger partial charge in [0, 0.05) is 20.2 Å². The van der Waals surface area contributed by atoms with Crippen molar-refractivity contribution in [2.24, 2.45) is 5.73 Å². The number of rotatable bonds is 6. The lowest BCUT2D eigenvalue weighted by molar-refractivity contribution is 0.0991. The molecule has 0 aliphatic carbocycles. The molecule has 1 aromatic heterocycles. The summed E-state index contributed by atoms with van der Waals surface area (Å²) < 4.78 is 6.40. The van der Waals surface area contributed by atoms with Gasteiger partial charge in [-0.3, -0.25) is 9.48 Å². The summed E-state index contributed by atoms with van der Waals surface area (Å²) in [5, 5.41) is 10.3. The molecular weight excluding hydrogens is 254 g/mol. The van der Waals surface area contributed by atoms with E-state index in [0.29, 0.717) is 36.2 Å². The molecule has 0 saturated heterocycles. The van der Waals surface area contributed by atoms with Gasteiger partial charge in [-0.15, -0.1) is 0 Å². The minimum atomic E-state index is -0.545. The summed E-state index contributed by atoms with van der Waals surface area (Å²) >= 11 is 5.07. The Balaban J connectivity index is 2.69. The van der Waals surface area contributed by atoms with E-state index in [2.05, 4.69) is 15.7 Å². The standard InChI is InChI=1S/C10H17N5O2S/c1-3-15-8(9(11)16)7(6-13-15)14-10(18)12-4-5-17-2/h6H,3-5H2,1-2H3,(H2,11,16)(H2,12,14,18). The number of thiocarbonyl (C=S) groups is 1. The van der Waals surface area contributed by atoms with E-state index >= 15 is 0 Å². The summed E-state index contributed by atoms with van der Waals surface area (Å²) in [6.45, 7) is 3.55. The maximum atomic E-state index is 11.3. The number of nitrogens with one attached hydrogen (secondary N) is 2. The molecule has 1 rings (SSSR count). The molecule has 18 heavy (non-hydrogen) atoms. The van der Waals surface area contributed by atoms with E-state index in [1.54, 1.807) is 7.11 Å². The van der Waals surface area contributed by atoms with Gasteiger partial charge in [0.2, 0.25) is 0 Å². The zero-order valence-corrected chi connectivity index (χ0v) is 11.2. The number of hydrogen-bond donors (Lipinski definition) is 3. The predicted octanol–water partition coefficient (Wildman–Crippen LogP) is -0.0653. The van der Waals surface area contributed by atoms with E-state index in [9.17, 15) is 4.79 Å². The Bertz CT molecular complexity index is 432. The maximum Gasteiger partial charge on any atom is 0.269 e. The molecule has 100 valence electrons. The number of carbonyl (C=O) groups excluding carboxylic acids is 1. The molecule has 1 amide bonds. The van der Waals surface area contributed by atoms with Crippen LogP contribution in [0.4, 0.5) is 5.69 Å². The van der Waals surface area contributed by atoms with E-state index < -0.39 is 5.91 Å². The number of aryl methyl sites for hydroxylation is 1. The largest absolute Gasteiger partial charge is 0.383 e. The molecule has 0 fully saturated rings. The summed E-state index contributed by atoms with van der Waals surface area (Å²) in [5.74, 6) is -0.545. The fourth-order valence-electron chi connectivity index (χ4n) is 1.41. The molecule has 0 spiro atoms. The van der Waals surface area contributed by atoms with Crippen LogP contribution in [0.15, 0.2) is 6.20 Å². The first-order valence-corrected chi connectivity index (χ1v) is 5.90. The molecule has 0 saturated carbocycles. The minimum Gasteiger partial charge on any atom is -0.383 e. The number of nitrogens with zero attached hydrogens (tertiary/aromatic N) is 2. The van der Waals surface area contributed by atoms with Crippen LogP contribution in [0.25, 0.3) is 0 Å². The summed E-state index contributed by atoms with van der Waals surface area (Å²) in [4.78, 5) is 11.3. The molecular formula is C10H17N5O2S. The fourth-order valence-corrected chi connectivity index (χ4v) is 1.62. The molecule has 1 heterocycles. The number of anilines is 1. The van der Waals surface area contributed by atoms with Gasteiger partial charge < -0.3 is 21.1 Å². The lowest BCUT2D eigenvalue weighted by Crippen LogP contribution is -2.32. The average molecular weight is 271 g/mol. The molecule has 1 aromatic rings. The molecule has 4 N–H and O–H groups in total. The summed E-state index contributed by atoms with van der Waals surface area (Å²) in [5.41, 5.74) is 6.12. The molecule has 0 radical (unpaired) electrons. The third-order valence-corrected chi connectivity index (χ3v) is 2.46. The van der Waals surface area contributed by atoms with E-state index in [-0.39, 0.29) is 0 Å². The minimum absolute atomic E-state index is 0.313. The third kappa shape index (κ3) is 3.67. The van der Waals surface area contributed by atoms with Crippen molar-refractivity contribution in [3.8, 4) is 0 Å². The Morgan fingerprint density at radius 2 is 2.39 bits per heavy atom. The van der Waals surface area contributed by atoms with Gasteiger partial charge in [0.25, 0.3) is 5.91 Å². The smallest absolute Gasteiger partial charge is 0.269 e. The number of ether oxygens (including phenoxy) is 1. The Morgan fingerprint density at radius 3 is 2.94 bits per heavy atom. The number of hydrogen-bond acceptors (Lipinski definition) is 4. The van der Waals surface area contributed by atoms with Gasteiger partial charge in [0.1, 0.15) is 5.69 Å². The molecule has 0 bridgehead atoms. The van der Waals surface area contributed by atoms with Crippen molar-refractivity contribution in [3.05, 3.63) is 11.9 Å². The summed E-state index contributed by atoms with van der Waals surface area (Å²) in [6, 6.07) is 0. The van der Waals surface area contributed by atoms with E-state index in [1.807, 2.05) is 6.92 Å². The van der Waals surface area contributed by atoms with Crippen molar-refractivity contribution >= 4 is 28.9 Å². The molecule has 0 aliphatic heterocycles. The van der Waals surface area contributed by atoms with Crippen LogP contribution >= 0.6 is 12.2 Å². The van der Waals surface area contributed by atoms with E-state index in [1.165, 1.54) is 10.9 Å². The second-order valence-electron chi connectivity index (χ2n) is 3.46. The lowest BCUT2D eigenvalue weighted by atomic mass is 10.3. The van der Waals surface area contributed by atoms with Gasteiger partial charge >= 0.3 is 0 Å². The van der Waals surface area contributed by atoms with Crippen LogP contribution in [0, 0.1) is 0 Å². The summed E-state index contributed by atoms with van der Waals surface area (Å²) in [7, 11) is 1.61. The van der Waals surface area contributed by atoms with E-state index in [4.69, 9.17) is 22.7 Å². The highest BCUT2D eigenvalue weighted by Gasteiger charge is 2.15. The zero-order chi connectivity index (χ0) is 13.5. The lowest BCUT2D eigenvalue weighted by Gasteiger charge is -2.10. The molecule has 7 nitrogen and oxygen atoms in total. The number of primary amides is 1. The first-order valence-electron chi connectivity index (χ1n) is 5.49. The van der Waals surface area contributed by atoms with Crippen molar-refractivity contribution in [3.63, 3.8) is 0 Å². The van der Waals surface area contributed by atoms with Gasteiger partial charge in [-0.25, -0.2) is 0 Å². The molecule has 0 aromatic carbocycles. The summed E-state index contributed by atoms with van der Waals surface area (Å²) in [6.07, 6.45) is 1.52. The highest BCUT2D eigenvalue weighted by Crippen LogP contribution is 2.14. The van der Waals surface area contributed by atoms with Crippen LogP contribution in [-0.4, -0.2) is 41.1 Å². The Kier molecular flexibility index (Phi) is 5.53. The third-order valence-electron chi connectivity index (χ3n) is 2.21. The average Bonchev–Trinajstić information content (AvgIpc) is 2.72. The SMILES string of the molecule is CCn1ncc(NC(=S)NCCOC)c1C(N)=O. The number of methoxy groups -OCH3 is 1. The number of nitrogens with two attached hydrogens (primary N) is 1. The van der Waals surface area contributed by atoms with Crippen LogP contribution in [0.1, 0.15) is 17.4 Å². The second-order valence-corrected chi connectivity index (χ2v) is 3.87. The quantitative estimate of drug-likeness (QED) is 0.495. The molecule has 0 unspecified atom stereocenters. The van der Waals surface area contributed by atoms with Crippen LogP contribution in [0.5, 0.6) is 0 Å². The highest BCUT2D eigenvalue weighted by molar-refractivity contribution is 7.80. The highest BCUT2D eigenvalue weighted by atomic mass is 32.1. The van der Waals surface area contributed by atoms with Crippen molar-refractivity contribution in [2.75, 3.05) is 25.6 Å². The topological polar surface area (TPSA) is 94.2 Å². The van der Waals surface area contributed by atoms with Gasteiger partial charge in [0.15, 0.2) is 5.11 Å². The first kappa shape index (κ1) is 14.4. The molecule has 0 aliphatic rings. The van der Waals surface area contributed by atoms with Crippen LogP contribution in [-0.2, 0) is 11.3 Å². The maximum absolute atomic E-state index is 11.3. The number of carbonyl (C=O) groups is 1. The Morgan fingerprint density at radius 1 is 1.67 bits per heavy atom. The van der Waals surface area contributed by atoms with Crippen molar-refractivity contribution in [1.82, 2.24) is 15.1 Å². The van der Waals surface area contributed by atoms with Gasteiger partial charge in [0.05, 0.1) is 18.5 Å². The van der Waals surface area contributed by atoms with Crippen molar-refractivity contribution in [1.29, 1.82) is 0 Å². The van der Waals surface area contributed by atoms with Gasteiger partial charge in [-0.1, -0.05) is 0 Å². The molecule has 8 heteroatoms. The van der Waals surface area contributed by atoms with Crippen molar-refractivity contribution in [2.45, 2.75) is 13.5 Å². The Labute approximate surface area is 111 Å². The monoisotopic (exact) mass is 271 g/mol. The van der Waals surface area contributed by atoms with Crippen molar-refractivity contribution < 1.29 is 9.53 Å². The van der Waals surface area contributed by atoms with Crippen LogP contribution in [0.2, 0.25) is 0 Å². The van der Waals surface area contributed by atoms with Gasteiger partial charge in [-0.05, 0) is 19.1 Å². The second kappa shape index (κ2) is 6.92. The van der Waals surface area contributed by atoms with E-state index in [0.717, 1.165) is 0 Å². The zero-order valence-electron chi connectivity index (χ0n) is 10.4. The number of aromatic nitrogens is 2. The molecule has 0 atom stereocenters. The van der Waals surface area contributed by atoms with Gasteiger partial charge in [-0.2, -0.15) is 5.10 Å². The fraction of sp³-hybridized carbons (Fsp3) is 0.500. The number of amides is 1. The normalized spacial score (nSPS) is 10.1. The Hall–Kier alpha value is -1.67. The first-order chi connectivity index (χ1) is 8.60.